The Bertz CT molecular complexity index is 1330. The van der Waals surface area contributed by atoms with Gasteiger partial charge in [0, 0.05) is 24.4 Å². The van der Waals surface area contributed by atoms with Gasteiger partial charge in [0.25, 0.3) is 5.56 Å². The van der Waals surface area contributed by atoms with Crippen LogP contribution in [0.2, 0.25) is 0 Å². The van der Waals surface area contributed by atoms with E-state index in [1.165, 1.54) is 0 Å². The van der Waals surface area contributed by atoms with Crippen LogP contribution in [0.1, 0.15) is 42.3 Å². The Kier molecular flexibility index (Phi) is 5.90. The minimum atomic E-state index is 0.00443. The maximum atomic E-state index is 13.3. The molecule has 2 aromatic carbocycles. The van der Waals surface area contributed by atoms with Crippen molar-refractivity contribution in [2.45, 2.75) is 39.7 Å². The first-order valence-corrected chi connectivity index (χ1v) is 10.5. The van der Waals surface area contributed by atoms with Crippen molar-refractivity contribution >= 4 is 10.9 Å². The number of unbranched alkanes of at least 4 members (excludes halogenated alkanes) is 1. The fraction of sp³-hybridized carbons (Fsp3) is 0.231. The molecule has 0 aliphatic heterocycles. The van der Waals surface area contributed by atoms with E-state index in [2.05, 4.69) is 18.0 Å². The summed E-state index contributed by atoms with van der Waals surface area (Å²) in [6.45, 7) is 4.60. The molecule has 0 aliphatic carbocycles. The van der Waals surface area contributed by atoms with Crippen molar-refractivity contribution in [3.05, 3.63) is 93.8 Å². The molecule has 0 unspecified atom stereocenters. The average Bonchev–Trinajstić information content (AvgIpc) is 2.80. The summed E-state index contributed by atoms with van der Waals surface area (Å²) in [7, 11) is 0. The van der Waals surface area contributed by atoms with Crippen LogP contribution in [0.25, 0.3) is 22.0 Å². The van der Waals surface area contributed by atoms with E-state index in [-0.39, 0.29) is 5.56 Å². The molecule has 5 nitrogen and oxygen atoms in total. The SMILES string of the molecule is CCCCc1nc2ccc(C)cc2c(=O)n1Cc1ccc(-c2ccncc2C#N)cc1. The van der Waals surface area contributed by atoms with Crippen LogP contribution in [0, 0.1) is 18.3 Å². The molecular formula is C26H24N4O. The largest absolute Gasteiger partial charge is 0.292 e. The van der Waals surface area contributed by atoms with Crippen LogP contribution >= 0.6 is 0 Å². The Morgan fingerprint density at radius 1 is 1.10 bits per heavy atom. The Labute approximate surface area is 181 Å². The van der Waals surface area contributed by atoms with Crippen LogP contribution in [0.4, 0.5) is 0 Å². The maximum Gasteiger partial charge on any atom is 0.261 e. The molecule has 154 valence electrons. The Balaban J connectivity index is 1.73. The van der Waals surface area contributed by atoms with Crippen LogP contribution in [-0.4, -0.2) is 14.5 Å². The lowest BCUT2D eigenvalue weighted by atomic mass is 10.0. The zero-order chi connectivity index (χ0) is 21.8. The normalized spacial score (nSPS) is 10.9. The highest BCUT2D eigenvalue weighted by Crippen LogP contribution is 2.23. The third kappa shape index (κ3) is 4.24. The first kappa shape index (κ1) is 20.5. The first-order valence-electron chi connectivity index (χ1n) is 10.5. The number of aromatic nitrogens is 3. The number of fused-ring (bicyclic) bond motifs is 1. The number of aryl methyl sites for hydroxylation is 2. The lowest BCUT2D eigenvalue weighted by Gasteiger charge is -2.14. The highest BCUT2D eigenvalue weighted by molar-refractivity contribution is 5.78. The molecular weight excluding hydrogens is 384 g/mol. The fourth-order valence-electron chi connectivity index (χ4n) is 3.78. The molecule has 0 spiro atoms. The van der Waals surface area contributed by atoms with Crippen LogP contribution in [0.15, 0.2) is 65.7 Å². The fourth-order valence-corrected chi connectivity index (χ4v) is 3.78. The van der Waals surface area contributed by atoms with Gasteiger partial charge in [-0.25, -0.2) is 4.98 Å². The van der Waals surface area contributed by atoms with E-state index in [1.54, 1.807) is 17.0 Å². The molecule has 4 aromatic rings. The molecule has 5 heteroatoms. The predicted molar refractivity (Wildman–Crippen MR) is 123 cm³/mol. The van der Waals surface area contributed by atoms with E-state index in [4.69, 9.17) is 4.98 Å². The summed E-state index contributed by atoms with van der Waals surface area (Å²) in [5.74, 6) is 0.827. The topological polar surface area (TPSA) is 71.6 Å². The van der Waals surface area contributed by atoms with Crippen molar-refractivity contribution < 1.29 is 0 Å². The first-order chi connectivity index (χ1) is 15.1. The van der Waals surface area contributed by atoms with Crippen LogP contribution in [-0.2, 0) is 13.0 Å². The van der Waals surface area contributed by atoms with E-state index < -0.39 is 0 Å². The lowest BCUT2D eigenvalue weighted by molar-refractivity contribution is 0.646. The molecule has 2 heterocycles. The van der Waals surface area contributed by atoms with Crippen LogP contribution < -0.4 is 5.56 Å². The molecule has 31 heavy (non-hydrogen) atoms. The molecule has 2 aromatic heterocycles. The summed E-state index contributed by atoms with van der Waals surface area (Å²) in [5.41, 5.74) is 5.18. The number of hydrogen-bond acceptors (Lipinski definition) is 4. The molecule has 0 saturated heterocycles. The smallest absolute Gasteiger partial charge is 0.261 e. The van der Waals surface area contributed by atoms with Gasteiger partial charge in [-0.2, -0.15) is 5.26 Å². The molecule has 0 radical (unpaired) electrons. The van der Waals surface area contributed by atoms with E-state index in [0.717, 1.165) is 52.9 Å². The van der Waals surface area contributed by atoms with Gasteiger partial charge in [0.05, 0.1) is 23.0 Å². The molecule has 0 amide bonds. The Morgan fingerprint density at radius 3 is 2.65 bits per heavy atom. The number of pyridine rings is 1. The minimum Gasteiger partial charge on any atom is -0.292 e. The Hall–Kier alpha value is -3.78. The van der Waals surface area contributed by atoms with Gasteiger partial charge in [0.15, 0.2) is 0 Å². The average molecular weight is 409 g/mol. The second-order valence-electron chi connectivity index (χ2n) is 7.77. The zero-order valence-electron chi connectivity index (χ0n) is 17.8. The van der Waals surface area contributed by atoms with E-state index in [1.807, 2.05) is 55.5 Å². The highest BCUT2D eigenvalue weighted by atomic mass is 16.1. The molecule has 0 saturated carbocycles. The van der Waals surface area contributed by atoms with Crippen molar-refractivity contribution in [3.8, 4) is 17.2 Å². The lowest BCUT2D eigenvalue weighted by Crippen LogP contribution is -2.26. The number of hydrogen-bond donors (Lipinski definition) is 0. The van der Waals surface area contributed by atoms with Gasteiger partial charge in [-0.1, -0.05) is 49.2 Å². The standard InChI is InChI=1S/C26H24N4O/c1-3-4-5-25-29-24-11-6-18(2)14-23(24)26(31)30(25)17-19-7-9-20(10-8-19)22-12-13-28-16-21(22)15-27/h6-14,16H,3-5,17H2,1-2H3. The van der Waals surface area contributed by atoms with Crippen LogP contribution in [0.3, 0.4) is 0 Å². The number of nitriles is 1. The van der Waals surface area contributed by atoms with Gasteiger partial charge >= 0.3 is 0 Å². The minimum absolute atomic E-state index is 0.00443. The molecule has 0 aliphatic rings. The van der Waals surface area contributed by atoms with Gasteiger partial charge in [-0.15, -0.1) is 0 Å². The Morgan fingerprint density at radius 2 is 1.90 bits per heavy atom. The van der Waals surface area contributed by atoms with Gasteiger partial charge in [-0.3, -0.25) is 14.3 Å². The molecule has 0 fully saturated rings. The third-order valence-corrected chi connectivity index (χ3v) is 5.49. The molecule has 0 bridgehead atoms. The van der Waals surface area contributed by atoms with Gasteiger partial charge in [-0.05, 0) is 42.7 Å². The molecule has 4 rings (SSSR count). The van der Waals surface area contributed by atoms with Gasteiger partial charge < -0.3 is 0 Å². The second-order valence-corrected chi connectivity index (χ2v) is 7.77. The van der Waals surface area contributed by atoms with Crippen molar-refractivity contribution in [2.75, 3.05) is 0 Å². The van der Waals surface area contributed by atoms with Crippen LogP contribution in [0.5, 0.6) is 0 Å². The number of nitrogens with zero attached hydrogens (tertiary/aromatic N) is 4. The van der Waals surface area contributed by atoms with Gasteiger partial charge in [0.2, 0.25) is 0 Å². The van der Waals surface area contributed by atoms with Crippen molar-refractivity contribution in [2.24, 2.45) is 0 Å². The molecule has 0 atom stereocenters. The number of benzene rings is 2. The summed E-state index contributed by atoms with van der Waals surface area (Å²) in [6.07, 6.45) is 6.07. The monoisotopic (exact) mass is 408 g/mol. The second kappa shape index (κ2) is 8.93. The van der Waals surface area contributed by atoms with Crippen molar-refractivity contribution in [3.63, 3.8) is 0 Å². The van der Waals surface area contributed by atoms with E-state index in [0.29, 0.717) is 17.5 Å². The van der Waals surface area contributed by atoms with Crippen molar-refractivity contribution in [1.82, 2.24) is 14.5 Å². The van der Waals surface area contributed by atoms with E-state index >= 15 is 0 Å². The summed E-state index contributed by atoms with van der Waals surface area (Å²) < 4.78 is 1.81. The zero-order valence-corrected chi connectivity index (χ0v) is 17.8. The number of rotatable bonds is 6. The van der Waals surface area contributed by atoms with E-state index in [9.17, 15) is 10.1 Å². The van der Waals surface area contributed by atoms with Gasteiger partial charge in [0.1, 0.15) is 11.9 Å². The maximum absolute atomic E-state index is 13.3. The third-order valence-electron chi connectivity index (χ3n) is 5.49. The summed E-state index contributed by atoms with van der Waals surface area (Å²) in [6, 6.07) is 17.9. The summed E-state index contributed by atoms with van der Waals surface area (Å²) in [5, 5.41) is 9.99. The van der Waals surface area contributed by atoms with Crippen molar-refractivity contribution in [1.29, 1.82) is 5.26 Å². The molecule has 0 N–H and O–H groups in total. The highest BCUT2D eigenvalue weighted by Gasteiger charge is 2.12. The summed E-state index contributed by atoms with van der Waals surface area (Å²) in [4.78, 5) is 22.2. The quantitative estimate of drug-likeness (QED) is 0.449. The summed E-state index contributed by atoms with van der Waals surface area (Å²) >= 11 is 0. The predicted octanol–water partition coefficient (Wildman–Crippen LogP) is 5.03.